The molecule has 88 valence electrons. The summed E-state index contributed by atoms with van der Waals surface area (Å²) in [5.41, 5.74) is -0.157. The van der Waals surface area contributed by atoms with Gasteiger partial charge in [-0.3, -0.25) is 4.79 Å². The maximum atomic E-state index is 12.3. The monoisotopic (exact) mass is 211 g/mol. The van der Waals surface area contributed by atoms with Crippen molar-refractivity contribution in [3.8, 4) is 0 Å². The molecule has 1 amide bonds. The van der Waals surface area contributed by atoms with Gasteiger partial charge in [0.05, 0.1) is 0 Å². The van der Waals surface area contributed by atoms with E-state index in [9.17, 15) is 4.79 Å². The molecule has 1 saturated carbocycles. The number of carbonyl (C=O) groups is 1. The standard InChI is InChI=1S/C13H25NO/c1-12(2,3)14(13(4,5)6)11(15)10-8-7-9-10/h10H,7-9H2,1-6H3. The van der Waals surface area contributed by atoms with Crippen LogP contribution in [0.4, 0.5) is 0 Å². The van der Waals surface area contributed by atoms with Crippen molar-refractivity contribution in [2.75, 3.05) is 0 Å². The van der Waals surface area contributed by atoms with Gasteiger partial charge < -0.3 is 4.90 Å². The highest BCUT2D eigenvalue weighted by atomic mass is 16.2. The Hall–Kier alpha value is -0.530. The highest BCUT2D eigenvalue weighted by Gasteiger charge is 2.40. The van der Waals surface area contributed by atoms with Crippen LogP contribution in [0, 0.1) is 5.92 Å². The molecule has 2 nitrogen and oxygen atoms in total. The smallest absolute Gasteiger partial charge is 0.226 e. The molecule has 0 atom stereocenters. The molecular weight excluding hydrogens is 186 g/mol. The van der Waals surface area contributed by atoms with E-state index < -0.39 is 0 Å². The molecule has 0 heterocycles. The van der Waals surface area contributed by atoms with Crippen LogP contribution in [0.2, 0.25) is 0 Å². The summed E-state index contributed by atoms with van der Waals surface area (Å²) in [7, 11) is 0. The van der Waals surface area contributed by atoms with E-state index in [1.165, 1.54) is 6.42 Å². The van der Waals surface area contributed by atoms with E-state index in [0.29, 0.717) is 11.8 Å². The lowest BCUT2D eigenvalue weighted by atomic mass is 9.82. The molecule has 1 fully saturated rings. The normalized spacial score (nSPS) is 18.5. The Balaban J connectivity index is 2.86. The van der Waals surface area contributed by atoms with Crippen LogP contribution in [0.1, 0.15) is 60.8 Å². The first kappa shape index (κ1) is 12.5. The first-order valence-electron chi connectivity index (χ1n) is 5.98. The molecule has 0 N–H and O–H groups in total. The summed E-state index contributed by atoms with van der Waals surface area (Å²) >= 11 is 0. The number of nitrogens with zero attached hydrogens (tertiary/aromatic N) is 1. The van der Waals surface area contributed by atoms with E-state index in [-0.39, 0.29) is 11.1 Å². The first-order chi connectivity index (χ1) is 6.64. The molecule has 1 rings (SSSR count). The van der Waals surface area contributed by atoms with Gasteiger partial charge in [0, 0.05) is 17.0 Å². The molecule has 1 aliphatic carbocycles. The molecule has 0 spiro atoms. The molecule has 0 radical (unpaired) electrons. The van der Waals surface area contributed by atoms with Gasteiger partial charge in [-0.25, -0.2) is 0 Å². The Kier molecular flexibility index (Phi) is 3.18. The van der Waals surface area contributed by atoms with Crippen LogP contribution >= 0.6 is 0 Å². The second-order valence-corrected chi connectivity index (χ2v) is 6.64. The zero-order chi connectivity index (χ0) is 11.9. The van der Waals surface area contributed by atoms with E-state index in [2.05, 4.69) is 46.4 Å². The Bertz CT molecular complexity index is 226. The fourth-order valence-electron chi connectivity index (χ4n) is 2.51. The van der Waals surface area contributed by atoms with Crippen LogP contribution < -0.4 is 0 Å². The van der Waals surface area contributed by atoms with Gasteiger partial charge in [0.15, 0.2) is 0 Å². The van der Waals surface area contributed by atoms with Crippen molar-refractivity contribution in [1.29, 1.82) is 0 Å². The molecule has 1 aliphatic rings. The topological polar surface area (TPSA) is 20.3 Å². The van der Waals surface area contributed by atoms with E-state index in [1.807, 2.05) is 0 Å². The van der Waals surface area contributed by atoms with Crippen molar-refractivity contribution in [2.45, 2.75) is 71.9 Å². The van der Waals surface area contributed by atoms with E-state index >= 15 is 0 Å². The van der Waals surface area contributed by atoms with Gasteiger partial charge in [0.1, 0.15) is 0 Å². The number of hydrogen-bond donors (Lipinski definition) is 0. The molecule has 0 saturated heterocycles. The second kappa shape index (κ2) is 3.80. The number of rotatable bonds is 1. The van der Waals surface area contributed by atoms with Crippen LogP contribution in [-0.2, 0) is 4.79 Å². The Labute approximate surface area is 94.0 Å². The quantitative estimate of drug-likeness (QED) is 0.652. The van der Waals surface area contributed by atoms with Gasteiger partial charge in [-0.15, -0.1) is 0 Å². The third-order valence-electron chi connectivity index (χ3n) is 3.02. The van der Waals surface area contributed by atoms with Crippen LogP contribution in [0.5, 0.6) is 0 Å². The Morgan fingerprint density at radius 2 is 1.40 bits per heavy atom. The number of hydrogen-bond acceptors (Lipinski definition) is 1. The summed E-state index contributed by atoms with van der Waals surface area (Å²) < 4.78 is 0. The fourth-order valence-corrected chi connectivity index (χ4v) is 2.51. The summed E-state index contributed by atoms with van der Waals surface area (Å²) in [6, 6.07) is 0. The molecule has 0 unspecified atom stereocenters. The third-order valence-corrected chi connectivity index (χ3v) is 3.02. The highest BCUT2D eigenvalue weighted by molar-refractivity contribution is 5.81. The lowest BCUT2D eigenvalue weighted by molar-refractivity contribution is -0.150. The lowest BCUT2D eigenvalue weighted by Crippen LogP contribution is -2.58. The fraction of sp³-hybridized carbons (Fsp3) is 0.923. The molecule has 0 aromatic heterocycles. The van der Waals surface area contributed by atoms with Crippen molar-refractivity contribution in [2.24, 2.45) is 5.92 Å². The number of carbonyl (C=O) groups excluding carboxylic acids is 1. The second-order valence-electron chi connectivity index (χ2n) is 6.64. The van der Waals surface area contributed by atoms with E-state index in [0.717, 1.165) is 12.8 Å². The van der Waals surface area contributed by atoms with Crippen molar-refractivity contribution in [3.63, 3.8) is 0 Å². The van der Waals surface area contributed by atoms with Gasteiger partial charge >= 0.3 is 0 Å². The average molecular weight is 211 g/mol. The molecule has 2 heteroatoms. The predicted molar refractivity (Wildman–Crippen MR) is 63.7 cm³/mol. The van der Waals surface area contributed by atoms with E-state index in [1.54, 1.807) is 0 Å². The zero-order valence-electron chi connectivity index (χ0n) is 11.1. The number of amides is 1. The van der Waals surface area contributed by atoms with Gasteiger partial charge in [-0.1, -0.05) is 6.42 Å². The van der Waals surface area contributed by atoms with Crippen LogP contribution in [0.15, 0.2) is 0 Å². The molecule has 0 aromatic carbocycles. The van der Waals surface area contributed by atoms with Crippen molar-refractivity contribution < 1.29 is 4.79 Å². The third kappa shape index (κ3) is 2.73. The van der Waals surface area contributed by atoms with E-state index in [4.69, 9.17) is 0 Å². The van der Waals surface area contributed by atoms with Crippen LogP contribution in [-0.4, -0.2) is 21.9 Å². The molecule has 15 heavy (non-hydrogen) atoms. The summed E-state index contributed by atoms with van der Waals surface area (Å²) in [5, 5.41) is 0. The highest BCUT2D eigenvalue weighted by Crippen LogP contribution is 2.34. The summed E-state index contributed by atoms with van der Waals surface area (Å²) in [6.07, 6.45) is 3.39. The van der Waals surface area contributed by atoms with Gasteiger partial charge in [-0.05, 0) is 54.4 Å². The van der Waals surface area contributed by atoms with Gasteiger partial charge in [0.25, 0.3) is 0 Å². The van der Waals surface area contributed by atoms with Gasteiger partial charge in [-0.2, -0.15) is 0 Å². The molecule has 0 bridgehead atoms. The molecular formula is C13H25NO. The van der Waals surface area contributed by atoms with Gasteiger partial charge in [0.2, 0.25) is 5.91 Å². The molecule has 0 aliphatic heterocycles. The predicted octanol–water partition coefficient (Wildman–Crippen LogP) is 3.21. The largest absolute Gasteiger partial charge is 0.333 e. The first-order valence-corrected chi connectivity index (χ1v) is 5.98. The minimum absolute atomic E-state index is 0.0784. The van der Waals surface area contributed by atoms with Crippen LogP contribution in [0.3, 0.4) is 0 Å². The minimum atomic E-state index is -0.0784. The molecule has 0 aromatic rings. The van der Waals surface area contributed by atoms with Crippen molar-refractivity contribution in [1.82, 2.24) is 4.90 Å². The lowest BCUT2D eigenvalue weighted by Gasteiger charge is -2.48. The summed E-state index contributed by atoms with van der Waals surface area (Å²) in [6.45, 7) is 12.7. The van der Waals surface area contributed by atoms with Crippen molar-refractivity contribution in [3.05, 3.63) is 0 Å². The maximum absolute atomic E-state index is 12.3. The van der Waals surface area contributed by atoms with Crippen molar-refractivity contribution >= 4 is 5.91 Å². The Morgan fingerprint density at radius 1 is 1.00 bits per heavy atom. The maximum Gasteiger partial charge on any atom is 0.226 e. The zero-order valence-corrected chi connectivity index (χ0v) is 11.1. The Morgan fingerprint density at radius 3 is 1.60 bits per heavy atom. The summed E-state index contributed by atoms with van der Waals surface area (Å²) in [4.78, 5) is 14.4. The summed E-state index contributed by atoms with van der Waals surface area (Å²) in [5.74, 6) is 0.643. The average Bonchev–Trinajstić information content (AvgIpc) is 1.72. The SMILES string of the molecule is CC(C)(C)N(C(=O)C1CCC1)C(C)(C)C. The van der Waals surface area contributed by atoms with Crippen LogP contribution in [0.25, 0.3) is 0 Å². The minimum Gasteiger partial charge on any atom is -0.333 e.